The zero-order valence-electron chi connectivity index (χ0n) is 16.7. The Morgan fingerprint density at radius 3 is 2.44 bits per heavy atom. The Balaban J connectivity index is 2.64. The fourth-order valence-electron chi connectivity index (χ4n) is 2.62. The Morgan fingerprint density at radius 2 is 1.89 bits per heavy atom. The van der Waals surface area contributed by atoms with E-state index in [9.17, 15) is 19.7 Å². The molecule has 1 atom stereocenters. The normalized spacial score (nSPS) is 11.8. The van der Waals surface area contributed by atoms with Gasteiger partial charge in [-0.2, -0.15) is 0 Å². The van der Waals surface area contributed by atoms with Gasteiger partial charge in [0.1, 0.15) is 0 Å². The standard InChI is InChI=1S/C19H29N3O5/c1-13(2)7-6-8-14(3)20-18(23)12-27-19(24)16-11-15(22(25)26)9-10-17(16)21(4)5/h9-11,13-14H,6-8,12H2,1-5H3,(H,20,23). The van der Waals surface area contributed by atoms with Crippen LogP contribution in [0.2, 0.25) is 0 Å². The molecular weight excluding hydrogens is 350 g/mol. The fourth-order valence-corrected chi connectivity index (χ4v) is 2.62. The number of ether oxygens (including phenoxy) is 1. The number of nitro benzene ring substituents is 1. The minimum atomic E-state index is -0.773. The molecule has 1 aromatic rings. The predicted molar refractivity (Wildman–Crippen MR) is 104 cm³/mol. The van der Waals surface area contributed by atoms with Crippen LogP contribution in [0.4, 0.5) is 11.4 Å². The van der Waals surface area contributed by atoms with E-state index in [-0.39, 0.29) is 17.3 Å². The van der Waals surface area contributed by atoms with Crippen LogP contribution in [0, 0.1) is 16.0 Å². The van der Waals surface area contributed by atoms with Crippen LogP contribution in [0.25, 0.3) is 0 Å². The van der Waals surface area contributed by atoms with Crippen molar-refractivity contribution in [3.63, 3.8) is 0 Å². The molecule has 0 heterocycles. The molecule has 0 bridgehead atoms. The lowest BCUT2D eigenvalue weighted by atomic mass is 10.0. The SMILES string of the molecule is CC(C)CCCC(C)NC(=O)COC(=O)c1cc([N+](=O)[O-])ccc1N(C)C. The number of nitrogens with one attached hydrogen (secondary N) is 1. The number of hydrogen-bond acceptors (Lipinski definition) is 6. The van der Waals surface area contributed by atoms with Crippen LogP contribution in [0.15, 0.2) is 18.2 Å². The first-order valence-corrected chi connectivity index (χ1v) is 9.04. The summed E-state index contributed by atoms with van der Waals surface area (Å²) in [5.74, 6) is -0.545. The third-order valence-electron chi connectivity index (χ3n) is 4.05. The third kappa shape index (κ3) is 7.64. The highest BCUT2D eigenvalue weighted by molar-refractivity contribution is 5.97. The lowest BCUT2D eigenvalue weighted by Crippen LogP contribution is -2.36. The molecule has 1 aromatic carbocycles. The van der Waals surface area contributed by atoms with Gasteiger partial charge in [0.25, 0.3) is 11.6 Å². The minimum absolute atomic E-state index is 0.00917. The summed E-state index contributed by atoms with van der Waals surface area (Å²) in [6.45, 7) is 5.78. The number of nitrogens with zero attached hydrogens (tertiary/aromatic N) is 2. The summed E-state index contributed by atoms with van der Waals surface area (Å²) in [6, 6.07) is 3.94. The average Bonchev–Trinajstić information content (AvgIpc) is 2.58. The van der Waals surface area contributed by atoms with E-state index in [0.29, 0.717) is 11.6 Å². The van der Waals surface area contributed by atoms with Crippen LogP contribution in [0.1, 0.15) is 50.4 Å². The highest BCUT2D eigenvalue weighted by Gasteiger charge is 2.20. The smallest absolute Gasteiger partial charge is 0.341 e. The third-order valence-corrected chi connectivity index (χ3v) is 4.05. The molecule has 0 saturated carbocycles. The number of carbonyl (C=O) groups excluding carboxylic acids is 2. The number of nitro groups is 1. The molecule has 8 heteroatoms. The molecule has 150 valence electrons. The van der Waals surface area contributed by atoms with Gasteiger partial charge in [-0.25, -0.2) is 4.79 Å². The second-order valence-electron chi connectivity index (χ2n) is 7.22. The molecule has 1 N–H and O–H groups in total. The van der Waals surface area contributed by atoms with Crippen molar-refractivity contribution in [2.75, 3.05) is 25.6 Å². The first-order valence-electron chi connectivity index (χ1n) is 9.04. The van der Waals surface area contributed by atoms with Crippen molar-refractivity contribution in [1.29, 1.82) is 0 Å². The first-order chi connectivity index (χ1) is 12.6. The Hall–Kier alpha value is -2.64. The highest BCUT2D eigenvalue weighted by atomic mass is 16.6. The van der Waals surface area contributed by atoms with E-state index in [2.05, 4.69) is 19.2 Å². The quantitative estimate of drug-likeness (QED) is 0.381. The fraction of sp³-hybridized carbons (Fsp3) is 0.579. The zero-order valence-corrected chi connectivity index (χ0v) is 16.7. The molecule has 0 saturated heterocycles. The molecule has 0 spiro atoms. The molecule has 8 nitrogen and oxygen atoms in total. The number of non-ortho nitro benzene ring substituents is 1. The summed E-state index contributed by atoms with van der Waals surface area (Å²) in [7, 11) is 3.42. The molecule has 0 aliphatic rings. The number of rotatable bonds is 10. The maximum Gasteiger partial charge on any atom is 0.341 e. The van der Waals surface area contributed by atoms with Crippen molar-refractivity contribution in [3.8, 4) is 0 Å². The van der Waals surface area contributed by atoms with Crippen molar-refractivity contribution in [3.05, 3.63) is 33.9 Å². The van der Waals surface area contributed by atoms with Gasteiger partial charge in [0, 0.05) is 32.3 Å². The second kappa shape index (κ2) is 10.5. The van der Waals surface area contributed by atoms with E-state index >= 15 is 0 Å². The van der Waals surface area contributed by atoms with Gasteiger partial charge in [-0.3, -0.25) is 14.9 Å². The second-order valence-corrected chi connectivity index (χ2v) is 7.22. The summed E-state index contributed by atoms with van der Waals surface area (Å²) >= 11 is 0. The van der Waals surface area contributed by atoms with Crippen LogP contribution in [0.5, 0.6) is 0 Å². The summed E-state index contributed by atoms with van der Waals surface area (Å²) in [6.07, 6.45) is 2.96. The van der Waals surface area contributed by atoms with Gasteiger partial charge in [0.05, 0.1) is 16.2 Å². The Labute approximate surface area is 160 Å². The van der Waals surface area contributed by atoms with Crippen LogP contribution in [0.3, 0.4) is 0 Å². The number of amides is 1. The van der Waals surface area contributed by atoms with Gasteiger partial charge in [0.15, 0.2) is 6.61 Å². The predicted octanol–water partition coefficient (Wildman–Crippen LogP) is 3.15. The van der Waals surface area contributed by atoms with E-state index < -0.39 is 23.4 Å². The summed E-state index contributed by atoms with van der Waals surface area (Å²) in [5.41, 5.74) is 0.316. The van der Waals surface area contributed by atoms with Crippen LogP contribution in [-0.2, 0) is 9.53 Å². The minimum Gasteiger partial charge on any atom is -0.452 e. The van der Waals surface area contributed by atoms with Gasteiger partial charge < -0.3 is 15.0 Å². The van der Waals surface area contributed by atoms with Gasteiger partial charge in [0.2, 0.25) is 0 Å². The molecule has 0 fully saturated rings. The molecule has 0 radical (unpaired) electrons. The van der Waals surface area contributed by atoms with Crippen LogP contribution < -0.4 is 10.2 Å². The van der Waals surface area contributed by atoms with Gasteiger partial charge >= 0.3 is 5.97 Å². The lowest BCUT2D eigenvalue weighted by molar-refractivity contribution is -0.384. The van der Waals surface area contributed by atoms with Crippen molar-refractivity contribution < 1.29 is 19.2 Å². The maximum absolute atomic E-state index is 12.3. The number of esters is 1. The number of anilines is 1. The number of carbonyl (C=O) groups is 2. The van der Waals surface area contributed by atoms with Gasteiger partial charge in [-0.15, -0.1) is 0 Å². The van der Waals surface area contributed by atoms with E-state index in [1.807, 2.05) is 6.92 Å². The summed E-state index contributed by atoms with van der Waals surface area (Å²) < 4.78 is 5.06. The van der Waals surface area contributed by atoms with E-state index in [0.717, 1.165) is 25.3 Å². The Bertz CT molecular complexity index is 673. The van der Waals surface area contributed by atoms with Crippen LogP contribution in [-0.4, -0.2) is 43.5 Å². The monoisotopic (exact) mass is 379 g/mol. The maximum atomic E-state index is 12.3. The average molecular weight is 379 g/mol. The Morgan fingerprint density at radius 1 is 1.22 bits per heavy atom. The molecule has 0 aliphatic carbocycles. The summed E-state index contributed by atoms with van der Waals surface area (Å²) in [5, 5.41) is 13.7. The first kappa shape index (κ1) is 22.4. The van der Waals surface area contributed by atoms with Gasteiger partial charge in [-0.1, -0.05) is 26.7 Å². The van der Waals surface area contributed by atoms with Crippen molar-refractivity contribution >= 4 is 23.3 Å². The molecule has 0 aliphatic heterocycles. The number of benzene rings is 1. The molecule has 0 aromatic heterocycles. The van der Waals surface area contributed by atoms with Crippen molar-refractivity contribution in [1.82, 2.24) is 5.32 Å². The van der Waals surface area contributed by atoms with E-state index in [1.165, 1.54) is 12.1 Å². The Kier molecular flexibility index (Phi) is 8.71. The largest absolute Gasteiger partial charge is 0.452 e. The molecule has 1 rings (SSSR count). The van der Waals surface area contributed by atoms with E-state index in [1.54, 1.807) is 19.0 Å². The zero-order chi connectivity index (χ0) is 20.6. The molecule has 1 amide bonds. The topological polar surface area (TPSA) is 102 Å². The lowest BCUT2D eigenvalue weighted by Gasteiger charge is -2.17. The van der Waals surface area contributed by atoms with Crippen molar-refractivity contribution in [2.45, 2.75) is 46.1 Å². The highest BCUT2D eigenvalue weighted by Crippen LogP contribution is 2.24. The molecular formula is C19H29N3O5. The summed E-state index contributed by atoms with van der Waals surface area (Å²) in [4.78, 5) is 36.3. The molecule has 1 unspecified atom stereocenters. The van der Waals surface area contributed by atoms with E-state index in [4.69, 9.17) is 4.74 Å². The van der Waals surface area contributed by atoms with Gasteiger partial charge in [-0.05, 0) is 25.3 Å². The number of hydrogen-bond donors (Lipinski definition) is 1. The van der Waals surface area contributed by atoms with Crippen molar-refractivity contribution in [2.24, 2.45) is 5.92 Å². The molecule has 27 heavy (non-hydrogen) atoms. The van der Waals surface area contributed by atoms with Crippen LogP contribution >= 0.6 is 0 Å².